The van der Waals surface area contributed by atoms with Crippen LogP contribution in [0.1, 0.15) is 26.2 Å². The van der Waals surface area contributed by atoms with Gasteiger partial charge in [0.05, 0.1) is 6.20 Å². The Morgan fingerprint density at radius 1 is 1.41 bits per heavy atom. The van der Waals surface area contributed by atoms with Gasteiger partial charge in [0.25, 0.3) is 0 Å². The number of piperidine rings is 1. The lowest BCUT2D eigenvalue weighted by Gasteiger charge is -2.31. The Balaban J connectivity index is 1.77. The van der Waals surface area contributed by atoms with Crippen molar-refractivity contribution in [3.8, 4) is 0 Å². The molecule has 2 aromatic heterocycles. The van der Waals surface area contributed by atoms with Crippen molar-refractivity contribution in [2.24, 2.45) is 0 Å². The first-order valence-electron chi connectivity index (χ1n) is 7.79. The first-order chi connectivity index (χ1) is 10.7. The van der Waals surface area contributed by atoms with E-state index < -0.39 is 0 Å². The van der Waals surface area contributed by atoms with Crippen molar-refractivity contribution in [3.05, 3.63) is 34.5 Å². The lowest BCUT2D eigenvalue weighted by atomic mass is 10.0. The molecule has 1 saturated heterocycles. The minimum Gasteiger partial charge on any atom is -0.360 e. The van der Waals surface area contributed by atoms with Crippen LogP contribution in [0.4, 0.5) is 11.6 Å². The molecule has 0 atom stereocenters. The summed E-state index contributed by atoms with van der Waals surface area (Å²) in [6.45, 7) is 5.38. The quantitative estimate of drug-likeness (QED) is 0.678. The zero-order valence-electron chi connectivity index (χ0n) is 12.7. The number of aromatic nitrogens is 2. The van der Waals surface area contributed by atoms with Gasteiger partial charge in [-0.2, -0.15) is 9.38 Å². The van der Waals surface area contributed by atoms with Crippen LogP contribution in [0.25, 0.3) is 5.65 Å². The zero-order valence-corrected chi connectivity index (χ0v) is 12.7. The number of imidazole rings is 1. The molecule has 1 fully saturated rings. The maximum absolute atomic E-state index is 11.4. The van der Waals surface area contributed by atoms with Gasteiger partial charge in [-0.25, -0.2) is 0 Å². The van der Waals surface area contributed by atoms with Crippen molar-refractivity contribution >= 4 is 17.3 Å². The number of nitrogens with one attached hydrogen (secondary N) is 1. The minimum absolute atomic E-state index is 0.0200. The second-order valence-electron chi connectivity index (χ2n) is 5.73. The number of likely N-dealkylation sites (tertiary alicyclic amines) is 1. The van der Waals surface area contributed by atoms with Crippen molar-refractivity contribution in [2.75, 3.05) is 25.0 Å². The number of rotatable bonds is 5. The average Bonchev–Trinajstić information content (AvgIpc) is 2.87. The number of anilines is 1. The van der Waals surface area contributed by atoms with Crippen LogP contribution in [0, 0.1) is 10.1 Å². The van der Waals surface area contributed by atoms with Crippen molar-refractivity contribution in [3.63, 3.8) is 0 Å². The van der Waals surface area contributed by atoms with Crippen LogP contribution < -0.4 is 5.32 Å². The van der Waals surface area contributed by atoms with Crippen LogP contribution in [0.5, 0.6) is 0 Å². The second-order valence-corrected chi connectivity index (χ2v) is 5.73. The SMILES string of the molecule is CCCN1CCC(Nc2nc3ccccn3c2[N+](=O)[O-])CC1. The number of nitrogens with zero attached hydrogens (tertiary/aromatic N) is 4. The molecule has 118 valence electrons. The highest BCUT2D eigenvalue weighted by molar-refractivity contribution is 5.62. The summed E-state index contributed by atoms with van der Waals surface area (Å²) in [4.78, 5) is 17.8. The maximum Gasteiger partial charge on any atom is 0.372 e. The Labute approximate surface area is 129 Å². The molecule has 0 aromatic carbocycles. The van der Waals surface area contributed by atoms with Crippen LogP contribution in [-0.4, -0.2) is 44.9 Å². The summed E-state index contributed by atoms with van der Waals surface area (Å²) in [7, 11) is 0. The van der Waals surface area contributed by atoms with Crippen molar-refractivity contribution in [1.29, 1.82) is 0 Å². The molecule has 7 nitrogen and oxygen atoms in total. The van der Waals surface area contributed by atoms with E-state index >= 15 is 0 Å². The van der Waals surface area contributed by atoms with Gasteiger partial charge in [0.2, 0.25) is 11.5 Å². The number of nitro groups is 1. The van der Waals surface area contributed by atoms with E-state index in [0.29, 0.717) is 11.5 Å². The minimum atomic E-state index is -0.367. The molecule has 2 aromatic rings. The molecule has 0 saturated carbocycles. The lowest BCUT2D eigenvalue weighted by Crippen LogP contribution is -2.39. The Morgan fingerprint density at radius 2 is 2.18 bits per heavy atom. The van der Waals surface area contributed by atoms with Crippen LogP contribution in [0.3, 0.4) is 0 Å². The molecule has 0 aliphatic carbocycles. The Bertz CT molecular complexity index is 661. The summed E-state index contributed by atoms with van der Waals surface area (Å²) in [5.74, 6) is 0.400. The molecule has 0 amide bonds. The monoisotopic (exact) mass is 303 g/mol. The molecule has 3 rings (SSSR count). The molecule has 3 heterocycles. The molecule has 1 aliphatic heterocycles. The number of hydrogen-bond donors (Lipinski definition) is 1. The summed E-state index contributed by atoms with van der Waals surface area (Å²) < 4.78 is 1.52. The third kappa shape index (κ3) is 2.89. The highest BCUT2D eigenvalue weighted by Crippen LogP contribution is 2.27. The third-order valence-electron chi connectivity index (χ3n) is 4.15. The first kappa shape index (κ1) is 14.8. The molecule has 0 spiro atoms. The molecule has 1 aliphatic rings. The topological polar surface area (TPSA) is 75.7 Å². The van der Waals surface area contributed by atoms with Gasteiger partial charge in [0, 0.05) is 25.2 Å². The molecular formula is C15H21N5O2. The lowest BCUT2D eigenvalue weighted by molar-refractivity contribution is -0.389. The van der Waals surface area contributed by atoms with Gasteiger partial charge in [0.15, 0.2) is 0 Å². The number of hydrogen-bond acceptors (Lipinski definition) is 5. The molecule has 0 bridgehead atoms. The standard InChI is InChI=1S/C15H21N5O2/c1-2-8-18-10-6-12(7-11-18)16-14-15(20(21)22)19-9-4-3-5-13(19)17-14/h3-5,9,12,16H,2,6-8,10-11H2,1H3. The van der Waals surface area contributed by atoms with Gasteiger partial charge in [-0.05, 0) is 36.8 Å². The Morgan fingerprint density at radius 3 is 2.86 bits per heavy atom. The van der Waals surface area contributed by atoms with Gasteiger partial charge in [-0.15, -0.1) is 0 Å². The largest absolute Gasteiger partial charge is 0.372 e. The molecular weight excluding hydrogens is 282 g/mol. The van der Waals surface area contributed by atoms with Crippen molar-refractivity contribution < 1.29 is 4.92 Å². The molecule has 22 heavy (non-hydrogen) atoms. The second kappa shape index (κ2) is 6.31. The van der Waals surface area contributed by atoms with E-state index in [1.807, 2.05) is 6.07 Å². The maximum atomic E-state index is 11.4. The van der Waals surface area contributed by atoms with E-state index in [-0.39, 0.29) is 16.8 Å². The van der Waals surface area contributed by atoms with Gasteiger partial charge < -0.3 is 20.3 Å². The normalized spacial score (nSPS) is 17.0. The van der Waals surface area contributed by atoms with Crippen molar-refractivity contribution in [2.45, 2.75) is 32.2 Å². The van der Waals surface area contributed by atoms with Crippen molar-refractivity contribution in [1.82, 2.24) is 14.3 Å². The average molecular weight is 303 g/mol. The van der Waals surface area contributed by atoms with Crippen LogP contribution in [-0.2, 0) is 0 Å². The number of fused-ring (bicyclic) bond motifs is 1. The third-order valence-corrected chi connectivity index (χ3v) is 4.15. The molecule has 1 N–H and O–H groups in total. The number of pyridine rings is 1. The van der Waals surface area contributed by atoms with Gasteiger partial charge in [0.1, 0.15) is 0 Å². The summed E-state index contributed by atoms with van der Waals surface area (Å²) >= 11 is 0. The van der Waals surface area contributed by atoms with E-state index in [0.717, 1.165) is 38.9 Å². The van der Waals surface area contributed by atoms with E-state index in [9.17, 15) is 10.1 Å². The predicted molar refractivity (Wildman–Crippen MR) is 85.2 cm³/mol. The first-order valence-corrected chi connectivity index (χ1v) is 7.79. The van der Waals surface area contributed by atoms with Crippen LogP contribution in [0.2, 0.25) is 0 Å². The predicted octanol–water partition coefficient (Wildman–Crippen LogP) is 2.53. The fourth-order valence-corrected chi connectivity index (χ4v) is 3.06. The summed E-state index contributed by atoms with van der Waals surface area (Å²) in [5, 5.41) is 14.7. The van der Waals surface area contributed by atoms with E-state index in [1.165, 1.54) is 4.40 Å². The summed E-state index contributed by atoms with van der Waals surface area (Å²) in [5.41, 5.74) is 0.597. The molecule has 0 unspecified atom stereocenters. The van der Waals surface area contributed by atoms with Crippen LogP contribution in [0.15, 0.2) is 24.4 Å². The van der Waals surface area contributed by atoms with Crippen LogP contribution >= 0.6 is 0 Å². The van der Waals surface area contributed by atoms with E-state index in [1.54, 1.807) is 18.3 Å². The Kier molecular flexibility index (Phi) is 4.24. The van der Waals surface area contributed by atoms with Gasteiger partial charge in [-0.1, -0.05) is 13.0 Å². The van der Waals surface area contributed by atoms with E-state index in [4.69, 9.17) is 0 Å². The Hall–Kier alpha value is -2.15. The van der Waals surface area contributed by atoms with Gasteiger partial charge >= 0.3 is 5.82 Å². The van der Waals surface area contributed by atoms with E-state index in [2.05, 4.69) is 22.1 Å². The fraction of sp³-hybridized carbons (Fsp3) is 0.533. The zero-order chi connectivity index (χ0) is 15.5. The highest BCUT2D eigenvalue weighted by atomic mass is 16.6. The summed E-state index contributed by atoms with van der Waals surface area (Å²) in [6.07, 6.45) is 4.82. The summed E-state index contributed by atoms with van der Waals surface area (Å²) in [6, 6.07) is 5.63. The molecule has 0 radical (unpaired) electrons. The fourth-order valence-electron chi connectivity index (χ4n) is 3.06. The smallest absolute Gasteiger partial charge is 0.360 e. The highest BCUT2D eigenvalue weighted by Gasteiger charge is 2.26. The molecule has 7 heteroatoms. The van der Waals surface area contributed by atoms with Gasteiger partial charge in [-0.3, -0.25) is 0 Å².